The predicted octanol–water partition coefficient (Wildman–Crippen LogP) is 1.61. The summed E-state index contributed by atoms with van der Waals surface area (Å²) in [6.07, 6.45) is 4.61. The Morgan fingerprint density at radius 2 is 2.20 bits per heavy atom. The van der Waals surface area contributed by atoms with Gasteiger partial charge in [-0.1, -0.05) is 6.42 Å². The number of nitriles is 1. The number of nitrogens with one attached hydrogen (secondary N) is 1. The van der Waals surface area contributed by atoms with E-state index in [1.807, 2.05) is 0 Å². The lowest BCUT2D eigenvalue weighted by Gasteiger charge is -2.22. The molecule has 3 heteroatoms. The molecule has 1 aliphatic carbocycles. The summed E-state index contributed by atoms with van der Waals surface area (Å²) >= 11 is 0. The van der Waals surface area contributed by atoms with Gasteiger partial charge in [0.25, 0.3) is 0 Å². The molecular weight excluding hydrogens is 186 g/mol. The summed E-state index contributed by atoms with van der Waals surface area (Å²) in [6.45, 7) is 3.33. The molecule has 0 heterocycles. The first-order valence-electron chi connectivity index (χ1n) is 5.94. The average molecular weight is 209 g/mol. The van der Waals surface area contributed by atoms with Gasteiger partial charge in [0.2, 0.25) is 0 Å². The largest absolute Gasteiger partial charge is 0.310 e. The molecule has 0 radical (unpaired) electrons. The highest BCUT2D eigenvalue weighted by molar-refractivity contribution is 4.97. The zero-order valence-corrected chi connectivity index (χ0v) is 10.2. The van der Waals surface area contributed by atoms with Crippen LogP contribution in [0.5, 0.6) is 0 Å². The Morgan fingerprint density at radius 1 is 1.47 bits per heavy atom. The monoisotopic (exact) mass is 209 g/mol. The average Bonchev–Trinajstić information content (AvgIpc) is 2.62. The highest BCUT2D eigenvalue weighted by atomic mass is 15.1. The van der Waals surface area contributed by atoms with Gasteiger partial charge in [-0.25, -0.2) is 0 Å². The molecule has 0 spiro atoms. The number of hydrogen-bond acceptors (Lipinski definition) is 3. The van der Waals surface area contributed by atoms with E-state index in [1.54, 1.807) is 0 Å². The van der Waals surface area contributed by atoms with Crippen LogP contribution < -0.4 is 5.32 Å². The van der Waals surface area contributed by atoms with E-state index >= 15 is 0 Å². The Balaban J connectivity index is 2.25. The molecule has 1 saturated carbocycles. The van der Waals surface area contributed by atoms with Crippen molar-refractivity contribution in [2.75, 3.05) is 20.6 Å². The fourth-order valence-corrected chi connectivity index (χ4v) is 2.21. The van der Waals surface area contributed by atoms with E-state index < -0.39 is 0 Å². The van der Waals surface area contributed by atoms with E-state index in [0.29, 0.717) is 12.1 Å². The normalized spacial score (nSPS) is 27.9. The van der Waals surface area contributed by atoms with Gasteiger partial charge in [0.1, 0.15) is 0 Å². The van der Waals surface area contributed by atoms with Crippen LogP contribution in [0, 0.1) is 17.2 Å². The summed E-state index contributed by atoms with van der Waals surface area (Å²) in [7, 11) is 4.20. The molecular formula is C12H23N3. The molecule has 86 valence electrons. The smallest absolute Gasteiger partial charge is 0.0672 e. The molecule has 0 bridgehead atoms. The minimum absolute atomic E-state index is 0.242. The maximum Gasteiger partial charge on any atom is 0.0672 e. The lowest BCUT2D eigenvalue weighted by Crippen LogP contribution is -2.39. The molecule has 1 N–H and O–H groups in total. The predicted molar refractivity (Wildman–Crippen MR) is 62.5 cm³/mol. The first-order valence-corrected chi connectivity index (χ1v) is 5.94. The number of nitrogens with zero attached hydrogens (tertiary/aromatic N) is 2. The van der Waals surface area contributed by atoms with Crippen molar-refractivity contribution >= 4 is 0 Å². The second-order valence-electron chi connectivity index (χ2n) is 4.93. The molecule has 3 nitrogen and oxygen atoms in total. The molecule has 15 heavy (non-hydrogen) atoms. The zero-order valence-electron chi connectivity index (χ0n) is 10.2. The fraction of sp³-hybridized carbons (Fsp3) is 0.917. The van der Waals surface area contributed by atoms with Crippen LogP contribution in [0.4, 0.5) is 0 Å². The molecule has 0 saturated heterocycles. The van der Waals surface area contributed by atoms with E-state index in [1.165, 1.54) is 12.8 Å². The zero-order chi connectivity index (χ0) is 11.3. The van der Waals surface area contributed by atoms with Crippen LogP contribution in [0.1, 0.15) is 32.6 Å². The summed E-state index contributed by atoms with van der Waals surface area (Å²) in [6, 6.07) is 3.37. The summed E-state index contributed by atoms with van der Waals surface area (Å²) in [5, 5.41) is 12.6. The SMILES string of the molecule is CC(CCN(C)C)NC1CCCC1C#N. The van der Waals surface area contributed by atoms with Gasteiger partial charge >= 0.3 is 0 Å². The molecule has 1 rings (SSSR count). The van der Waals surface area contributed by atoms with Gasteiger partial charge in [-0.3, -0.25) is 0 Å². The molecule has 1 fully saturated rings. The second kappa shape index (κ2) is 6.09. The minimum Gasteiger partial charge on any atom is -0.310 e. The third-order valence-corrected chi connectivity index (χ3v) is 3.19. The van der Waals surface area contributed by atoms with Crippen LogP contribution in [0.3, 0.4) is 0 Å². The van der Waals surface area contributed by atoms with Gasteiger partial charge in [-0.15, -0.1) is 0 Å². The Kier molecular flexibility index (Phi) is 5.07. The highest BCUT2D eigenvalue weighted by Crippen LogP contribution is 2.25. The lowest BCUT2D eigenvalue weighted by molar-refractivity contribution is 0.338. The Labute approximate surface area is 93.5 Å². The van der Waals surface area contributed by atoms with Crippen molar-refractivity contribution in [1.82, 2.24) is 10.2 Å². The molecule has 0 aromatic heterocycles. The number of rotatable bonds is 5. The minimum atomic E-state index is 0.242. The first kappa shape index (κ1) is 12.5. The van der Waals surface area contributed by atoms with Gasteiger partial charge in [-0.05, 0) is 46.8 Å². The van der Waals surface area contributed by atoms with Gasteiger partial charge in [0, 0.05) is 12.1 Å². The molecule has 3 unspecified atom stereocenters. The molecule has 1 aliphatic rings. The second-order valence-corrected chi connectivity index (χ2v) is 4.93. The fourth-order valence-electron chi connectivity index (χ4n) is 2.21. The molecule has 0 aromatic carbocycles. The van der Waals surface area contributed by atoms with Crippen molar-refractivity contribution in [3.63, 3.8) is 0 Å². The van der Waals surface area contributed by atoms with Gasteiger partial charge < -0.3 is 10.2 Å². The van der Waals surface area contributed by atoms with Gasteiger partial charge in [0.05, 0.1) is 12.0 Å². The van der Waals surface area contributed by atoms with Crippen molar-refractivity contribution < 1.29 is 0 Å². The Morgan fingerprint density at radius 3 is 2.80 bits per heavy atom. The quantitative estimate of drug-likeness (QED) is 0.747. The van der Waals surface area contributed by atoms with Crippen LogP contribution in [-0.2, 0) is 0 Å². The van der Waals surface area contributed by atoms with Crippen molar-refractivity contribution in [3.05, 3.63) is 0 Å². The number of hydrogen-bond donors (Lipinski definition) is 1. The van der Waals surface area contributed by atoms with Crippen molar-refractivity contribution in [2.45, 2.75) is 44.7 Å². The van der Waals surface area contributed by atoms with Crippen molar-refractivity contribution in [3.8, 4) is 6.07 Å². The van der Waals surface area contributed by atoms with Gasteiger partial charge in [0.15, 0.2) is 0 Å². The van der Waals surface area contributed by atoms with Crippen LogP contribution in [-0.4, -0.2) is 37.6 Å². The first-order chi connectivity index (χ1) is 7.13. The highest BCUT2D eigenvalue weighted by Gasteiger charge is 2.27. The van der Waals surface area contributed by atoms with Crippen molar-refractivity contribution in [1.29, 1.82) is 5.26 Å². The van der Waals surface area contributed by atoms with E-state index in [4.69, 9.17) is 5.26 Å². The van der Waals surface area contributed by atoms with E-state index in [2.05, 4.69) is 37.3 Å². The molecule has 0 amide bonds. The van der Waals surface area contributed by atoms with E-state index in [-0.39, 0.29) is 5.92 Å². The molecule has 3 atom stereocenters. The van der Waals surface area contributed by atoms with E-state index in [9.17, 15) is 0 Å². The van der Waals surface area contributed by atoms with Crippen LogP contribution in [0.2, 0.25) is 0 Å². The summed E-state index contributed by atoms with van der Waals surface area (Å²) in [5.41, 5.74) is 0. The molecule has 0 aromatic rings. The maximum absolute atomic E-state index is 8.97. The Bertz CT molecular complexity index is 219. The third-order valence-electron chi connectivity index (χ3n) is 3.19. The van der Waals surface area contributed by atoms with E-state index in [0.717, 1.165) is 19.4 Å². The van der Waals surface area contributed by atoms with Gasteiger partial charge in [-0.2, -0.15) is 5.26 Å². The van der Waals surface area contributed by atoms with Crippen LogP contribution >= 0.6 is 0 Å². The topological polar surface area (TPSA) is 39.1 Å². The summed E-state index contributed by atoms with van der Waals surface area (Å²) < 4.78 is 0. The molecule has 0 aliphatic heterocycles. The van der Waals surface area contributed by atoms with Crippen LogP contribution in [0.15, 0.2) is 0 Å². The third kappa shape index (κ3) is 4.19. The standard InChI is InChI=1S/C12H23N3/c1-10(7-8-15(2)3)14-12-6-4-5-11(12)9-13/h10-12,14H,4-8H2,1-3H3. The van der Waals surface area contributed by atoms with Crippen molar-refractivity contribution in [2.24, 2.45) is 5.92 Å². The Hall–Kier alpha value is -0.590. The lowest BCUT2D eigenvalue weighted by atomic mass is 10.0. The summed E-state index contributed by atoms with van der Waals surface area (Å²) in [4.78, 5) is 2.20. The maximum atomic E-state index is 8.97. The summed E-state index contributed by atoms with van der Waals surface area (Å²) in [5.74, 6) is 0.242. The van der Waals surface area contributed by atoms with Crippen LogP contribution in [0.25, 0.3) is 0 Å².